The number of para-hydroxylation sites is 1. The van der Waals surface area contributed by atoms with Crippen molar-refractivity contribution in [3.8, 4) is 22.8 Å². The number of nitrogens with one attached hydrogen (secondary N) is 2. The second-order valence-corrected chi connectivity index (χ2v) is 5.04. The number of imidazole rings is 1. The minimum Gasteiger partial charge on any atom is -0.340 e. The van der Waals surface area contributed by atoms with Gasteiger partial charge in [-0.05, 0) is 13.0 Å². The molecule has 21 heavy (non-hydrogen) atoms. The molecule has 0 saturated heterocycles. The second-order valence-electron chi connectivity index (χ2n) is 5.04. The Kier molecular flexibility index (Phi) is 2.60. The van der Waals surface area contributed by atoms with E-state index in [-0.39, 0.29) is 0 Å². The van der Waals surface area contributed by atoms with Crippen molar-refractivity contribution in [3.05, 3.63) is 60.3 Å². The van der Waals surface area contributed by atoms with Gasteiger partial charge in [-0.25, -0.2) is 4.98 Å². The average Bonchev–Trinajstić information content (AvgIpc) is 3.11. The number of aromatic nitrogens is 4. The second kappa shape index (κ2) is 4.59. The molecule has 0 unspecified atom stereocenters. The van der Waals surface area contributed by atoms with Gasteiger partial charge in [0.25, 0.3) is 0 Å². The van der Waals surface area contributed by atoms with E-state index in [2.05, 4.69) is 27.3 Å². The maximum atomic E-state index is 4.73. The van der Waals surface area contributed by atoms with Crippen LogP contribution in [0.1, 0.15) is 5.69 Å². The maximum Gasteiger partial charge on any atom is 0.159 e. The van der Waals surface area contributed by atoms with Crippen LogP contribution in [0.4, 0.5) is 0 Å². The average molecular weight is 274 g/mol. The Hall–Kier alpha value is -2.88. The summed E-state index contributed by atoms with van der Waals surface area (Å²) in [4.78, 5) is 8.08. The molecule has 0 fully saturated rings. The van der Waals surface area contributed by atoms with Crippen molar-refractivity contribution >= 4 is 10.9 Å². The Morgan fingerprint density at radius 1 is 0.857 bits per heavy atom. The van der Waals surface area contributed by atoms with E-state index in [9.17, 15) is 0 Å². The van der Waals surface area contributed by atoms with Gasteiger partial charge >= 0.3 is 0 Å². The zero-order chi connectivity index (χ0) is 14.2. The normalized spacial score (nSPS) is 11.1. The fraction of sp³-hybridized carbons (Fsp3) is 0.0588. The summed E-state index contributed by atoms with van der Waals surface area (Å²) in [5, 5.41) is 8.51. The van der Waals surface area contributed by atoms with Gasteiger partial charge in [-0.3, -0.25) is 5.10 Å². The first kappa shape index (κ1) is 11.9. The zero-order valence-electron chi connectivity index (χ0n) is 11.6. The number of rotatable bonds is 2. The highest BCUT2D eigenvalue weighted by Crippen LogP contribution is 2.28. The lowest BCUT2D eigenvalue weighted by molar-refractivity contribution is 1.10. The monoisotopic (exact) mass is 274 g/mol. The molecule has 0 amide bonds. The van der Waals surface area contributed by atoms with Crippen molar-refractivity contribution in [2.24, 2.45) is 0 Å². The summed E-state index contributed by atoms with van der Waals surface area (Å²) >= 11 is 0. The number of aryl methyl sites for hydroxylation is 1. The summed E-state index contributed by atoms with van der Waals surface area (Å²) in [6.45, 7) is 2.04. The van der Waals surface area contributed by atoms with Gasteiger partial charge in [0, 0.05) is 16.6 Å². The van der Waals surface area contributed by atoms with E-state index >= 15 is 0 Å². The molecule has 4 nitrogen and oxygen atoms in total. The molecule has 4 heteroatoms. The molecular weight excluding hydrogens is 260 g/mol. The SMILES string of the molecule is Cc1[nH]c(-c2n[nH]c3ccccc23)nc1-c1ccccc1. The fourth-order valence-corrected chi connectivity index (χ4v) is 2.59. The Morgan fingerprint density at radius 3 is 2.48 bits per heavy atom. The molecule has 0 spiro atoms. The molecule has 2 aromatic heterocycles. The molecular formula is C17H14N4. The Morgan fingerprint density at radius 2 is 1.62 bits per heavy atom. The number of nitrogens with zero attached hydrogens (tertiary/aromatic N) is 2. The Labute approximate surface area is 121 Å². The third-order valence-corrected chi connectivity index (χ3v) is 3.63. The molecule has 102 valence electrons. The lowest BCUT2D eigenvalue weighted by Crippen LogP contribution is -1.82. The van der Waals surface area contributed by atoms with E-state index in [1.165, 1.54) is 0 Å². The number of benzene rings is 2. The first-order valence-corrected chi connectivity index (χ1v) is 6.88. The van der Waals surface area contributed by atoms with Crippen LogP contribution in [0.5, 0.6) is 0 Å². The summed E-state index contributed by atoms with van der Waals surface area (Å²) in [6.07, 6.45) is 0. The van der Waals surface area contributed by atoms with E-state index in [0.717, 1.165) is 39.4 Å². The largest absolute Gasteiger partial charge is 0.340 e. The van der Waals surface area contributed by atoms with Gasteiger partial charge in [-0.15, -0.1) is 0 Å². The van der Waals surface area contributed by atoms with Gasteiger partial charge in [-0.1, -0.05) is 48.5 Å². The minimum absolute atomic E-state index is 0.795. The van der Waals surface area contributed by atoms with E-state index < -0.39 is 0 Å². The van der Waals surface area contributed by atoms with Gasteiger partial charge in [0.2, 0.25) is 0 Å². The van der Waals surface area contributed by atoms with Crippen LogP contribution < -0.4 is 0 Å². The van der Waals surface area contributed by atoms with E-state index in [1.54, 1.807) is 0 Å². The number of H-pyrrole nitrogens is 2. The smallest absolute Gasteiger partial charge is 0.159 e. The van der Waals surface area contributed by atoms with E-state index in [1.807, 2.05) is 49.4 Å². The van der Waals surface area contributed by atoms with Crippen LogP contribution in [-0.2, 0) is 0 Å². The molecule has 0 aliphatic heterocycles. The Bertz CT molecular complexity index is 903. The Balaban J connectivity index is 1.87. The third-order valence-electron chi connectivity index (χ3n) is 3.63. The van der Waals surface area contributed by atoms with Gasteiger partial charge in [-0.2, -0.15) is 5.10 Å². The van der Waals surface area contributed by atoms with Crippen molar-refractivity contribution in [2.45, 2.75) is 6.92 Å². The lowest BCUT2D eigenvalue weighted by Gasteiger charge is -1.96. The van der Waals surface area contributed by atoms with E-state index in [4.69, 9.17) is 4.98 Å². The van der Waals surface area contributed by atoms with Crippen molar-refractivity contribution in [2.75, 3.05) is 0 Å². The number of hydrogen-bond donors (Lipinski definition) is 2. The molecule has 0 saturated carbocycles. The summed E-state index contributed by atoms with van der Waals surface area (Å²) in [5.41, 5.74) is 5.00. The minimum atomic E-state index is 0.795. The number of aromatic amines is 2. The molecule has 4 rings (SSSR count). The molecule has 0 atom stereocenters. The predicted molar refractivity (Wildman–Crippen MR) is 83.8 cm³/mol. The van der Waals surface area contributed by atoms with Crippen molar-refractivity contribution in [1.29, 1.82) is 0 Å². The lowest BCUT2D eigenvalue weighted by atomic mass is 10.1. The fourth-order valence-electron chi connectivity index (χ4n) is 2.59. The highest BCUT2D eigenvalue weighted by molar-refractivity contribution is 5.91. The maximum absolute atomic E-state index is 4.73. The number of hydrogen-bond acceptors (Lipinski definition) is 2. The van der Waals surface area contributed by atoms with Gasteiger partial charge < -0.3 is 4.98 Å². The molecule has 2 aromatic carbocycles. The molecule has 0 radical (unpaired) electrons. The first-order valence-electron chi connectivity index (χ1n) is 6.88. The summed E-state index contributed by atoms with van der Waals surface area (Å²) in [5.74, 6) is 0.795. The zero-order valence-corrected chi connectivity index (χ0v) is 11.6. The van der Waals surface area contributed by atoms with E-state index in [0.29, 0.717) is 0 Å². The van der Waals surface area contributed by atoms with Gasteiger partial charge in [0.1, 0.15) is 5.69 Å². The topological polar surface area (TPSA) is 57.4 Å². The first-order chi connectivity index (χ1) is 10.3. The summed E-state index contributed by atoms with van der Waals surface area (Å²) < 4.78 is 0. The predicted octanol–water partition coefficient (Wildman–Crippen LogP) is 3.93. The molecule has 0 aliphatic carbocycles. The van der Waals surface area contributed by atoms with Crippen LogP contribution >= 0.6 is 0 Å². The molecule has 4 aromatic rings. The van der Waals surface area contributed by atoms with Crippen molar-refractivity contribution in [1.82, 2.24) is 20.2 Å². The molecule has 2 N–H and O–H groups in total. The van der Waals surface area contributed by atoms with Gasteiger partial charge in [0.05, 0.1) is 11.2 Å². The highest BCUT2D eigenvalue weighted by Gasteiger charge is 2.14. The third kappa shape index (κ3) is 1.92. The summed E-state index contributed by atoms with van der Waals surface area (Å²) in [6, 6.07) is 18.2. The standard InChI is InChI=1S/C17H14N4/c1-11-15(12-7-3-2-4-8-12)19-17(18-11)16-13-9-5-6-10-14(13)20-21-16/h2-10H,1H3,(H,18,19)(H,20,21). The highest BCUT2D eigenvalue weighted by atomic mass is 15.1. The van der Waals surface area contributed by atoms with Crippen molar-refractivity contribution < 1.29 is 0 Å². The van der Waals surface area contributed by atoms with Gasteiger partial charge in [0.15, 0.2) is 5.82 Å². The molecule has 0 bridgehead atoms. The van der Waals surface area contributed by atoms with Crippen LogP contribution in [0.25, 0.3) is 33.7 Å². The van der Waals surface area contributed by atoms with Crippen molar-refractivity contribution in [3.63, 3.8) is 0 Å². The molecule has 0 aliphatic rings. The van der Waals surface area contributed by atoms with Crippen LogP contribution in [0.2, 0.25) is 0 Å². The number of fused-ring (bicyclic) bond motifs is 1. The quantitative estimate of drug-likeness (QED) is 0.582. The van der Waals surface area contributed by atoms with Crippen LogP contribution in [0, 0.1) is 6.92 Å². The van der Waals surface area contributed by atoms with Crippen LogP contribution in [-0.4, -0.2) is 20.2 Å². The van der Waals surface area contributed by atoms with Crippen LogP contribution in [0.3, 0.4) is 0 Å². The van der Waals surface area contributed by atoms with Crippen LogP contribution in [0.15, 0.2) is 54.6 Å². The molecule has 2 heterocycles. The summed E-state index contributed by atoms with van der Waals surface area (Å²) in [7, 11) is 0.